The van der Waals surface area contributed by atoms with Crippen LogP contribution in [0.5, 0.6) is 0 Å². The van der Waals surface area contributed by atoms with E-state index in [2.05, 4.69) is 15.5 Å². The number of anilines is 1. The molecule has 0 spiro atoms. The van der Waals surface area contributed by atoms with Crippen LogP contribution in [0.4, 0.5) is 14.7 Å². The van der Waals surface area contributed by atoms with Crippen molar-refractivity contribution in [3.8, 4) is 0 Å². The third kappa shape index (κ3) is 6.15. The third-order valence-corrected chi connectivity index (χ3v) is 4.54. The molecule has 9 heteroatoms. The number of likely N-dealkylation sites (tertiary alicyclic amines) is 1. The fourth-order valence-electron chi connectivity index (χ4n) is 2.72. The Bertz CT molecular complexity index is 613. The van der Waals surface area contributed by atoms with Gasteiger partial charge in [-0.3, -0.25) is 5.32 Å². The van der Waals surface area contributed by atoms with Crippen LogP contribution in [0.15, 0.2) is 0 Å². The van der Waals surface area contributed by atoms with Gasteiger partial charge in [0, 0.05) is 26.7 Å². The van der Waals surface area contributed by atoms with Crippen molar-refractivity contribution < 1.29 is 14.3 Å². The number of hydrogen-bond donors (Lipinski definition) is 1. The number of ether oxygens (including phenoxy) is 1. The van der Waals surface area contributed by atoms with E-state index in [1.54, 1.807) is 16.8 Å². The maximum absolute atomic E-state index is 12.4. The van der Waals surface area contributed by atoms with Crippen molar-refractivity contribution in [1.29, 1.82) is 0 Å². The van der Waals surface area contributed by atoms with Gasteiger partial charge in [-0.1, -0.05) is 11.3 Å². The van der Waals surface area contributed by atoms with Crippen molar-refractivity contribution in [2.24, 2.45) is 5.92 Å². The normalized spacial score (nSPS) is 18.0. The van der Waals surface area contributed by atoms with Gasteiger partial charge >= 0.3 is 12.1 Å². The molecule has 0 aliphatic carbocycles. The van der Waals surface area contributed by atoms with E-state index in [9.17, 15) is 9.59 Å². The average molecular weight is 369 g/mol. The van der Waals surface area contributed by atoms with E-state index in [0.717, 1.165) is 17.8 Å². The van der Waals surface area contributed by atoms with Crippen LogP contribution in [-0.2, 0) is 4.74 Å². The summed E-state index contributed by atoms with van der Waals surface area (Å²) >= 11 is 1.35. The topological polar surface area (TPSA) is 87.7 Å². The predicted molar refractivity (Wildman–Crippen MR) is 96.8 cm³/mol. The van der Waals surface area contributed by atoms with Crippen LogP contribution in [0.1, 0.15) is 38.6 Å². The summed E-state index contributed by atoms with van der Waals surface area (Å²) in [6.07, 6.45) is 1.56. The second-order valence-corrected chi connectivity index (χ2v) is 8.55. The molecule has 140 valence electrons. The van der Waals surface area contributed by atoms with Crippen LogP contribution in [0.2, 0.25) is 0 Å². The molecule has 1 fully saturated rings. The Morgan fingerprint density at radius 1 is 1.40 bits per heavy atom. The summed E-state index contributed by atoms with van der Waals surface area (Å²) in [6, 6.07) is -0.166. The molecule has 1 saturated heterocycles. The summed E-state index contributed by atoms with van der Waals surface area (Å²) in [5, 5.41) is 11.9. The lowest BCUT2D eigenvalue weighted by atomic mass is 9.98. The Balaban J connectivity index is 1.85. The van der Waals surface area contributed by atoms with E-state index in [-0.39, 0.29) is 18.0 Å². The first-order chi connectivity index (χ1) is 11.6. The Morgan fingerprint density at radius 3 is 2.72 bits per heavy atom. The number of hydrogen-bond acceptors (Lipinski definition) is 6. The van der Waals surface area contributed by atoms with Gasteiger partial charge in [-0.25, -0.2) is 9.59 Å². The lowest BCUT2D eigenvalue weighted by Crippen LogP contribution is -2.46. The van der Waals surface area contributed by atoms with E-state index in [1.165, 1.54) is 11.3 Å². The minimum absolute atomic E-state index is 0.166. The quantitative estimate of drug-likeness (QED) is 0.885. The summed E-state index contributed by atoms with van der Waals surface area (Å²) < 4.78 is 5.38. The van der Waals surface area contributed by atoms with Crippen LogP contribution in [0.25, 0.3) is 0 Å². The molecule has 1 unspecified atom stereocenters. The highest BCUT2D eigenvalue weighted by Crippen LogP contribution is 2.20. The summed E-state index contributed by atoms with van der Waals surface area (Å²) in [7, 11) is 1.73. The molecule has 1 aliphatic rings. The Kier molecular flexibility index (Phi) is 6.21. The molecule has 8 nitrogen and oxygen atoms in total. The fraction of sp³-hybridized carbons (Fsp3) is 0.750. The van der Waals surface area contributed by atoms with Gasteiger partial charge in [-0.15, -0.1) is 10.2 Å². The Morgan fingerprint density at radius 2 is 2.12 bits per heavy atom. The number of aryl methyl sites for hydroxylation is 1. The lowest BCUT2D eigenvalue weighted by molar-refractivity contribution is 0.0253. The minimum atomic E-state index is -0.510. The number of amides is 3. The van der Waals surface area contributed by atoms with Gasteiger partial charge in [-0.05, 0) is 46.5 Å². The van der Waals surface area contributed by atoms with Gasteiger partial charge in [-0.2, -0.15) is 0 Å². The molecule has 25 heavy (non-hydrogen) atoms. The van der Waals surface area contributed by atoms with E-state index in [1.807, 2.05) is 27.7 Å². The monoisotopic (exact) mass is 369 g/mol. The number of carbonyl (C=O) groups is 2. The average Bonchev–Trinajstić information content (AvgIpc) is 2.91. The Hall–Kier alpha value is -1.90. The van der Waals surface area contributed by atoms with Crippen molar-refractivity contribution in [1.82, 2.24) is 20.0 Å². The fourth-order valence-corrected chi connectivity index (χ4v) is 3.30. The molecule has 3 amide bonds. The molecule has 1 aliphatic heterocycles. The van der Waals surface area contributed by atoms with E-state index in [4.69, 9.17) is 4.74 Å². The number of rotatable bonds is 3. The van der Waals surface area contributed by atoms with Crippen LogP contribution in [-0.4, -0.2) is 64.4 Å². The second-order valence-electron chi connectivity index (χ2n) is 7.37. The molecule has 1 aromatic heterocycles. The van der Waals surface area contributed by atoms with Crippen LogP contribution in [0, 0.1) is 12.8 Å². The van der Waals surface area contributed by atoms with Crippen LogP contribution >= 0.6 is 11.3 Å². The van der Waals surface area contributed by atoms with Crippen molar-refractivity contribution in [2.45, 2.75) is 46.1 Å². The van der Waals surface area contributed by atoms with Crippen molar-refractivity contribution in [3.05, 3.63) is 5.01 Å². The van der Waals surface area contributed by atoms with E-state index in [0.29, 0.717) is 24.8 Å². The standard InChI is InChI=1S/C16H27N5O3S/c1-11-18-19-13(25-11)17-14(22)21-8-6-7-12(10-21)9-20(5)15(23)24-16(2,3)4/h12H,6-10H2,1-5H3,(H,17,19,22). The lowest BCUT2D eigenvalue weighted by Gasteiger charge is -2.34. The molecular weight excluding hydrogens is 342 g/mol. The molecule has 2 heterocycles. The van der Waals surface area contributed by atoms with Gasteiger partial charge in [0.1, 0.15) is 10.6 Å². The summed E-state index contributed by atoms with van der Waals surface area (Å²) in [6.45, 7) is 9.27. The highest BCUT2D eigenvalue weighted by Gasteiger charge is 2.27. The van der Waals surface area contributed by atoms with Crippen molar-refractivity contribution >= 4 is 28.6 Å². The van der Waals surface area contributed by atoms with E-state index < -0.39 is 5.60 Å². The van der Waals surface area contributed by atoms with Gasteiger partial charge < -0.3 is 14.5 Å². The molecule has 1 aromatic rings. The molecule has 1 N–H and O–H groups in total. The van der Waals surface area contributed by atoms with Crippen molar-refractivity contribution in [3.63, 3.8) is 0 Å². The first-order valence-electron chi connectivity index (χ1n) is 8.44. The number of nitrogens with one attached hydrogen (secondary N) is 1. The molecule has 1 atom stereocenters. The van der Waals surface area contributed by atoms with Gasteiger partial charge in [0.15, 0.2) is 0 Å². The molecule has 0 radical (unpaired) electrons. The summed E-state index contributed by atoms with van der Waals surface area (Å²) in [5.74, 6) is 0.230. The number of aromatic nitrogens is 2. The first-order valence-corrected chi connectivity index (χ1v) is 9.26. The predicted octanol–water partition coefficient (Wildman–Crippen LogP) is 2.96. The number of piperidine rings is 1. The molecule has 0 aromatic carbocycles. The highest BCUT2D eigenvalue weighted by molar-refractivity contribution is 7.15. The molecule has 0 saturated carbocycles. The third-order valence-electron chi connectivity index (χ3n) is 3.78. The van der Waals surface area contributed by atoms with E-state index >= 15 is 0 Å². The first kappa shape index (κ1) is 19.4. The maximum Gasteiger partial charge on any atom is 0.410 e. The molecule has 2 rings (SSSR count). The van der Waals surface area contributed by atoms with Crippen molar-refractivity contribution in [2.75, 3.05) is 32.0 Å². The Labute approximate surface area is 152 Å². The largest absolute Gasteiger partial charge is 0.444 e. The number of carbonyl (C=O) groups excluding carboxylic acids is 2. The summed E-state index contributed by atoms with van der Waals surface area (Å²) in [4.78, 5) is 27.8. The smallest absolute Gasteiger partial charge is 0.410 e. The second kappa shape index (κ2) is 7.99. The van der Waals surface area contributed by atoms with Crippen LogP contribution < -0.4 is 5.32 Å². The zero-order valence-corrected chi connectivity index (χ0v) is 16.4. The van der Waals surface area contributed by atoms with Gasteiger partial charge in [0.25, 0.3) is 0 Å². The molecular formula is C16H27N5O3S. The van der Waals surface area contributed by atoms with Gasteiger partial charge in [0.05, 0.1) is 0 Å². The van der Waals surface area contributed by atoms with Crippen LogP contribution in [0.3, 0.4) is 0 Å². The SMILES string of the molecule is Cc1nnc(NC(=O)N2CCCC(CN(C)C(=O)OC(C)(C)C)C2)s1. The minimum Gasteiger partial charge on any atom is -0.444 e. The summed E-state index contributed by atoms with van der Waals surface area (Å²) in [5.41, 5.74) is -0.510. The highest BCUT2D eigenvalue weighted by atomic mass is 32.1. The molecule has 0 bridgehead atoms. The maximum atomic E-state index is 12.4. The number of nitrogens with zero attached hydrogens (tertiary/aromatic N) is 4. The number of urea groups is 1. The van der Waals surface area contributed by atoms with Gasteiger partial charge in [0.2, 0.25) is 5.13 Å². The zero-order valence-electron chi connectivity index (χ0n) is 15.5. The zero-order chi connectivity index (χ0) is 18.6.